The number of amides is 1. The van der Waals surface area contributed by atoms with Crippen LogP contribution >= 0.6 is 0 Å². The highest BCUT2D eigenvalue weighted by molar-refractivity contribution is 5.96. The van der Waals surface area contributed by atoms with Crippen molar-refractivity contribution < 1.29 is 14.7 Å². The molecule has 0 spiro atoms. The number of likely N-dealkylation sites (tertiary alicyclic amines) is 1. The first-order valence-electron chi connectivity index (χ1n) is 8.18. The Morgan fingerprint density at radius 2 is 1.83 bits per heavy atom. The van der Waals surface area contributed by atoms with Crippen molar-refractivity contribution in [2.45, 2.75) is 59.0 Å². The summed E-state index contributed by atoms with van der Waals surface area (Å²) in [6.07, 6.45) is 2.44. The smallest absolute Gasteiger partial charge is 0.320 e. The van der Waals surface area contributed by atoms with Crippen LogP contribution in [-0.2, 0) is 9.59 Å². The highest BCUT2D eigenvalue weighted by atomic mass is 16.4. The molecule has 2 N–H and O–H groups in total. The molecular formula is C18H26N2O3. The Morgan fingerprint density at radius 1 is 1.22 bits per heavy atom. The number of nitrogens with one attached hydrogen (secondary N) is 1. The first-order chi connectivity index (χ1) is 10.8. The second-order valence-electron chi connectivity index (χ2n) is 6.53. The summed E-state index contributed by atoms with van der Waals surface area (Å²) < 4.78 is 0. The zero-order valence-corrected chi connectivity index (χ0v) is 14.3. The van der Waals surface area contributed by atoms with Crippen LogP contribution in [0.4, 0.5) is 5.69 Å². The van der Waals surface area contributed by atoms with Gasteiger partial charge in [0, 0.05) is 5.69 Å². The predicted molar refractivity (Wildman–Crippen MR) is 90.7 cm³/mol. The number of piperidine rings is 1. The topological polar surface area (TPSA) is 69.6 Å². The number of benzene rings is 1. The number of rotatable bonds is 4. The van der Waals surface area contributed by atoms with E-state index in [1.807, 2.05) is 32.9 Å². The molecule has 5 nitrogen and oxygen atoms in total. The quantitative estimate of drug-likeness (QED) is 0.895. The molecule has 5 heteroatoms. The van der Waals surface area contributed by atoms with E-state index in [0.717, 1.165) is 35.2 Å². The Kier molecular flexibility index (Phi) is 5.42. The van der Waals surface area contributed by atoms with Crippen molar-refractivity contribution in [2.24, 2.45) is 0 Å². The van der Waals surface area contributed by atoms with Crippen molar-refractivity contribution in [1.29, 1.82) is 0 Å². The average Bonchev–Trinajstić information content (AvgIpc) is 2.49. The number of carbonyl (C=O) groups excluding carboxylic acids is 1. The van der Waals surface area contributed by atoms with Crippen molar-refractivity contribution in [2.75, 3.05) is 11.9 Å². The third-order valence-electron chi connectivity index (χ3n) is 4.63. The molecule has 126 valence electrons. The zero-order chi connectivity index (χ0) is 17.1. The number of carbonyl (C=O) groups is 2. The van der Waals surface area contributed by atoms with Crippen LogP contribution in [0.1, 0.15) is 42.9 Å². The van der Waals surface area contributed by atoms with Crippen molar-refractivity contribution in [1.82, 2.24) is 4.90 Å². The number of aryl methyl sites for hydroxylation is 3. The fourth-order valence-electron chi connectivity index (χ4n) is 3.44. The van der Waals surface area contributed by atoms with E-state index >= 15 is 0 Å². The van der Waals surface area contributed by atoms with E-state index in [4.69, 9.17) is 0 Å². The van der Waals surface area contributed by atoms with Crippen LogP contribution in [-0.4, -0.2) is 40.5 Å². The number of aliphatic carboxylic acids is 1. The number of hydrogen-bond donors (Lipinski definition) is 2. The molecule has 2 rings (SSSR count). The maximum Gasteiger partial charge on any atom is 0.320 e. The van der Waals surface area contributed by atoms with Crippen molar-refractivity contribution in [3.05, 3.63) is 28.8 Å². The van der Waals surface area contributed by atoms with E-state index in [-0.39, 0.29) is 5.91 Å². The monoisotopic (exact) mass is 318 g/mol. The number of carboxylic acids is 1. The van der Waals surface area contributed by atoms with Crippen LogP contribution in [0.25, 0.3) is 0 Å². The van der Waals surface area contributed by atoms with Crippen LogP contribution in [0.5, 0.6) is 0 Å². The highest BCUT2D eigenvalue weighted by Gasteiger charge is 2.34. The summed E-state index contributed by atoms with van der Waals surface area (Å²) in [6, 6.07) is 3.05. The van der Waals surface area contributed by atoms with Crippen LogP contribution in [0.15, 0.2) is 12.1 Å². The van der Waals surface area contributed by atoms with E-state index in [1.54, 1.807) is 11.8 Å². The van der Waals surface area contributed by atoms with Gasteiger partial charge in [0.1, 0.15) is 6.04 Å². The van der Waals surface area contributed by atoms with Crippen LogP contribution < -0.4 is 5.32 Å². The lowest BCUT2D eigenvalue weighted by Gasteiger charge is -2.36. The van der Waals surface area contributed by atoms with Gasteiger partial charge in [-0.2, -0.15) is 0 Å². The Bertz CT molecular complexity index is 589. The predicted octanol–water partition coefficient (Wildman–Crippen LogP) is 2.88. The molecular weight excluding hydrogens is 292 g/mol. The number of nitrogens with zero attached hydrogens (tertiary/aromatic N) is 1. The third-order valence-corrected chi connectivity index (χ3v) is 4.63. The summed E-state index contributed by atoms with van der Waals surface area (Å²) in [7, 11) is 0. The number of hydrogen-bond acceptors (Lipinski definition) is 3. The van der Waals surface area contributed by atoms with E-state index < -0.39 is 18.1 Å². The maximum absolute atomic E-state index is 12.6. The zero-order valence-electron chi connectivity index (χ0n) is 14.3. The molecule has 2 atom stereocenters. The SMILES string of the molecule is Cc1cc(C)c(NC(=O)C(C)N2CCCCC2C(=O)O)c(C)c1. The summed E-state index contributed by atoms with van der Waals surface area (Å²) in [5.74, 6) is -0.986. The van der Waals surface area contributed by atoms with E-state index in [0.29, 0.717) is 13.0 Å². The van der Waals surface area contributed by atoms with Crippen LogP contribution in [0.3, 0.4) is 0 Å². The summed E-state index contributed by atoms with van der Waals surface area (Å²) in [6.45, 7) is 8.41. The van der Waals surface area contributed by atoms with Gasteiger partial charge in [0.05, 0.1) is 6.04 Å². The molecule has 0 aliphatic carbocycles. The fourth-order valence-corrected chi connectivity index (χ4v) is 3.44. The normalized spacial score (nSPS) is 20.1. The summed E-state index contributed by atoms with van der Waals surface area (Å²) in [5, 5.41) is 12.4. The lowest BCUT2D eigenvalue weighted by Crippen LogP contribution is -2.53. The summed E-state index contributed by atoms with van der Waals surface area (Å²) in [5.41, 5.74) is 4.04. The van der Waals surface area contributed by atoms with Gasteiger partial charge in [0.25, 0.3) is 0 Å². The van der Waals surface area contributed by atoms with Crippen molar-refractivity contribution in [3.8, 4) is 0 Å². The molecule has 1 saturated heterocycles. The second-order valence-corrected chi connectivity index (χ2v) is 6.53. The van der Waals surface area contributed by atoms with Gasteiger partial charge in [-0.3, -0.25) is 14.5 Å². The largest absolute Gasteiger partial charge is 0.480 e. The van der Waals surface area contributed by atoms with Crippen LogP contribution in [0.2, 0.25) is 0 Å². The van der Waals surface area contributed by atoms with Crippen molar-refractivity contribution >= 4 is 17.6 Å². The summed E-state index contributed by atoms with van der Waals surface area (Å²) in [4.78, 5) is 25.9. The molecule has 1 aromatic rings. The van der Waals surface area contributed by atoms with Gasteiger partial charge in [0.2, 0.25) is 5.91 Å². The molecule has 23 heavy (non-hydrogen) atoms. The molecule has 1 heterocycles. The first-order valence-corrected chi connectivity index (χ1v) is 8.18. The fraction of sp³-hybridized carbons (Fsp3) is 0.556. The van der Waals surface area contributed by atoms with Gasteiger partial charge in [-0.05, 0) is 58.2 Å². The molecule has 1 aromatic carbocycles. The third kappa shape index (κ3) is 3.91. The molecule has 1 fully saturated rings. The van der Waals surface area contributed by atoms with Gasteiger partial charge in [0.15, 0.2) is 0 Å². The number of anilines is 1. The minimum Gasteiger partial charge on any atom is -0.480 e. The lowest BCUT2D eigenvalue weighted by atomic mass is 9.99. The lowest BCUT2D eigenvalue weighted by molar-refractivity contribution is -0.146. The van der Waals surface area contributed by atoms with Gasteiger partial charge in [-0.15, -0.1) is 0 Å². The minimum absolute atomic E-state index is 0.145. The molecule has 1 aliphatic heterocycles. The maximum atomic E-state index is 12.6. The Morgan fingerprint density at radius 3 is 2.39 bits per heavy atom. The molecule has 0 bridgehead atoms. The summed E-state index contributed by atoms with van der Waals surface area (Å²) >= 11 is 0. The van der Waals surface area contributed by atoms with E-state index in [1.165, 1.54) is 0 Å². The van der Waals surface area contributed by atoms with E-state index in [2.05, 4.69) is 5.32 Å². The molecule has 1 aliphatic rings. The second kappa shape index (κ2) is 7.13. The minimum atomic E-state index is -0.841. The van der Waals surface area contributed by atoms with Crippen LogP contribution in [0, 0.1) is 20.8 Å². The Hall–Kier alpha value is -1.88. The molecule has 1 amide bonds. The van der Waals surface area contributed by atoms with Crippen molar-refractivity contribution in [3.63, 3.8) is 0 Å². The Labute approximate surface area is 137 Å². The molecule has 0 aromatic heterocycles. The van der Waals surface area contributed by atoms with Gasteiger partial charge in [-0.1, -0.05) is 24.1 Å². The number of carboxylic acid groups (broad SMARTS) is 1. The highest BCUT2D eigenvalue weighted by Crippen LogP contribution is 2.24. The Balaban J connectivity index is 2.15. The van der Waals surface area contributed by atoms with Gasteiger partial charge >= 0.3 is 5.97 Å². The van der Waals surface area contributed by atoms with Gasteiger partial charge in [-0.25, -0.2) is 0 Å². The van der Waals surface area contributed by atoms with E-state index in [9.17, 15) is 14.7 Å². The molecule has 0 radical (unpaired) electrons. The van der Waals surface area contributed by atoms with Gasteiger partial charge < -0.3 is 10.4 Å². The first kappa shape index (κ1) is 17.5. The molecule has 2 unspecified atom stereocenters. The standard InChI is InChI=1S/C18H26N2O3/c1-11-9-12(2)16(13(3)10-11)19-17(21)14(4)20-8-6-5-7-15(20)18(22)23/h9-10,14-15H,5-8H2,1-4H3,(H,19,21)(H,22,23). The average molecular weight is 318 g/mol. The molecule has 0 saturated carbocycles.